The molecule has 0 aliphatic heterocycles. The lowest BCUT2D eigenvalue weighted by atomic mass is 10.1. The summed E-state index contributed by atoms with van der Waals surface area (Å²) in [5, 5.41) is 8.69. The van der Waals surface area contributed by atoms with Gasteiger partial charge in [0.1, 0.15) is 0 Å². The molecule has 0 amide bonds. The normalized spacial score (nSPS) is 11.4. The highest BCUT2D eigenvalue weighted by molar-refractivity contribution is 14.0. The van der Waals surface area contributed by atoms with Crippen LogP contribution in [0.1, 0.15) is 25.3 Å². The second-order valence-corrected chi connectivity index (χ2v) is 7.06. The average Bonchev–Trinajstić information content (AvgIpc) is 2.97. The zero-order valence-corrected chi connectivity index (χ0v) is 18.8. The molecule has 0 saturated carbocycles. The van der Waals surface area contributed by atoms with Gasteiger partial charge in [0.25, 0.3) is 0 Å². The Labute approximate surface area is 177 Å². The lowest BCUT2D eigenvalue weighted by Gasteiger charge is -2.11. The molecule has 1 aromatic carbocycles. The molecule has 2 rings (SSSR count). The van der Waals surface area contributed by atoms with E-state index >= 15 is 0 Å². The molecule has 0 spiro atoms. The Morgan fingerprint density at radius 2 is 2.12 bits per heavy atom. The number of hydrogen-bond donors (Lipinski definition) is 3. The van der Waals surface area contributed by atoms with Gasteiger partial charge in [0.2, 0.25) is 0 Å². The predicted octanol–water partition coefficient (Wildman–Crippen LogP) is 4.68. The van der Waals surface area contributed by atoms with E-state index in [1.54, 1.807) is 0 Å². The van der Waals surface area contributed by atoms with Crippen molar-refractivity contribution < 1.29 is 0 Å². The zero-order chi connectivity index (χ0) is 17.2. The maximum absolute atomic E-state index is 6.11. The minimum atomic E-state index is 0. The SMILES string of the molecule is CCNC(=NCCCCSC)NCCc1c[nH]c2ccc(Cl)cc12.I. The van der Waals surface area contributed by atoms with Gasteiger partial charge < -0.3 is 15.6 Å². The standard InChI is InChI=1S/C18H27ClN4S.HI/c1-3-20-18(21-9-4-5-11-24-2)22-10-8-14-13-23-17-7-6-15(19)12-16(14)17;/h6-7,12-13,23H,3-5,8-11H2,1-2H3,(H2,20,21,22);1H. The molecule has 140 valence electrons. The maximum atomic E-state index is 6.11. The molecular formula is C18H28ClIN4S. The number of thioether (sulfide) groups is 1. The fraction of sp³-hybridized carbons (Fsp3) is 0.500. The summed E-state index contributed by atoms with van der Waals surface area (Å²) in [7, 11) is 0. The first-order chi connectivity index (χ1) is 11.7. The van der Waals surface area contributed by atoms with Crippen LogP contribution in [-0.2, 0) is 6.42 Å². The Kier molecular flexibility index (Phi) is 11.4. The fourth-order valence-electron chi connectivity index (χ4n) is 2.56. The van der Waals surface area contributed by atoms with Gasteiger partial charge in [-0.1, -0.05) is 11.6 Å². The van der Waals surface area contributed by atoms with Crippen LogP contribution < -0.4 is 10.6 Å². The molecule has 0 bridgehead atoms. The van der Waals surface area contributed by atoms with Crippen LogP contribution in [0.5, 0.6) is 0 Å². The topological polar surface area (TPSA) is 52.2 Å². The maximum Gasteiger partial charge on any atom is 0.191 e. The van der Waals surface area contributed by atoms with E-state index in [0.29, 0.717) is 0 Å². The first-order valence-electron chi connectivity index (χ1n) is 8.51. The van der Waals surface area contributed by atoms with Crippen LogP contribution in [0.25, 0.3) is 10.9 Å². The fourth-order valence-corrected chi connectivity index (χ4v) is 3.23. The van der Waals surface area contributed by atoms with Crippen LogP contribution in [0.4, 0.5) is 0 Å². The lowest BCUT2D eigenvalue weighted by molar-refractivity contribution is 0.771. The van der Waals surface area contributed by atoms with Crippen molar-refractivity contribution in [1.82, 2.24) is 15.6 Å². The highest BCUT2D eigenvalue weighted by Crippen LogP contribution is 2.22. The average molecular weight is 495 g/mol. The second kappa shape index (κ2) is 12.7. The van der Waals surface area contributed by atoms with Gasteiger partial charge in [0, 0.05) is 41.8 Å². The lowest BCUT2D eigenvalue weighted by Crippen LogP contribution is -2.38. The van der Waals surface area contributed by atoms with Crippen LogP contribution in [0.15, 0.2) is 29.4 Å². The van der Waals surface area contributed by atoms with Crippen molar-refractivity contribution in [3.05, 3.63) is 35.0 Å². The van der Waals surface area contributed by atoms with E-state index in [1.807, 2.05) is 30.0 Å². The van der Waals surface area contributed by atoms with E-state index in [1.165, 1.54) is 23.1 Å². The summed E-state index contributed by atoms with van der Waals surface area (Å²) in [5.41, 5.74) is 2.40. The molecule has 0 radical (unpaired) electrons. The Balaban J connectivity index is 0.00000312. The number of aromatic nitrogens is 1. The quantitative estimate of drug-likeness (QED) is 0.205. The van der Waals surface area contributed by atoms with Crippen LogP contribution in [0.3, 0.4) is 0 Å². The molecule has 0 fully saturated rings. The molecule has 0 aliphatic rings. The Bertz CT molecular complexity index is 660. The van der Waals surface area contributed by atoms with Crippen LogP contribution in [0, 0.1) is 0 Å². The molecule has 1 heterocycles. The number of aromatic amines is 1. The number of rotatable bonds is 9. The van der Waals surface area contributed by atoms with Crippen molar-refractivity contribution in [1.29, 1.82) is 0 Å². The number of guanidine groups is 1. The molecule has 4 nitrogen and oxygen atoms in total. The number of nitrogens with zero attached hydrogens (tertiary/aromatic N) is 1. The Hall–Kier alpha value is -0.600. The van der Waals surface area contributed by atoms with E-state index < -0.39 is 0 Å². The van der Waals surface area contributed by atoms with Crippen LogP contribution in [0.2, 0.25) is 5.02 Å². The third-order valence-electron chi connectivity index (χ3n) is 3.79. The third kappa shape index (κ3) is 7.66. The monoisotopic (exact) mass is 494 g/mol. The molecule has 3 N–H and O–H groups in total. The summed E-state index contributed by atoms with van der Waals surface area (Å²) in [6, 6.07) is 5.96. The summed E-state index contributed by atoms with van der Waals surface area (Å²) < 4.78 is 0. The molecular weight excluding hydrogens is 467 g/mol. The van der Waals surface area contributed by atoms with Crippen molar-refractivity contribution in [2.45, 2.75) is 26.2 Å². The van der Waals surface area contributed by atoms with Crippen molar-refractivity contribution >= 4 is 64.2 Å². The molecule has 2 aromatic rings. The molecule has 0 atom stereocenters. The zero-order valence-electron chi connectivity index (χ0n) is 14.9. The Morgan fingerprint density at radius 1 is 1.28 bits per heavy atom. The van der Waals surface area contributed by atoms with Crippen LogP contribution in [-0.4, -0.2) is 42.6 Å². The summed E-state index contributed by atoms with van der Waals surface area (Å²) in [4.78, 5) is 7.94. The van der Waals surface area contributed by atoms with Crippen molar-refractivity contribution in [2.24, 2.45) is 4.99 Å². The number of halogens is 2. The summed E-state index contributed by atoms with van der Waals surface area (Å²) in [6.07, 6.45) is 7.50. The number of aliphatic imine (C=N–C) groups is 1. The van der Waals surface area contributed by atoms with E-state index in [4.69, 9.17) is 11.6 Å². The first-order valence-corrected chi connectivity index (χ1v) is 10.3. The largest absolute Gasteiger partial charge is 0.361 e. The smallest absolute Gasteiger partial charge is 0.191 e. The minimum Gasteiger partial charge on any atom is -0.361 e. The van der Waals surface area contributed by atoms with E-state index in [0.717, 1.165) is 49.0 Å². The number of fused-ring (bicyclic) bond motifs is 1. The van der Waals surface area contributed by atoms with Gasteiger partial charge in [-0.25, -0.2) is 0 Å². The number of unbranched alkanes of at least 4 members (excludes halogenated alkanes) is 1. The molecule has 7 heteroatoms. The molecule has 0 saturated heterocycles. The first kappa shape index (κ1) is 22.4. The van der Waals surface area contributed by atoms with Gasteiger partial charge in [-0.3, -0.25) is 4.99 Å². The number of benzene rings is 1. The predicted molar refractivity (Wildman–Crippen MR) is 124 cm³/mol. The van der Waals surface area contributed by atoms with Crippen molar-refractivity contribution in [2.75, 3.05) is 31.6 Å². The highest BCUT2D eigenvalue weighted by atomic mass is 127. The minimum absolute atomic E-state index is 0. The number of H-pyrrole nitrogens is 1. The highest BCUT2D eigenvalue weighted by Gasteiger charge is 2.05. The molecule has 1 aromatic heterocycles. The summed E-state index contributed by atoms with van der Waals surface area (Å²) in [5.74, 6) is 2.11. The van der Waals surface area contributed by atoms with Gasteiger partial charge in [-0.15, -0.1) is 24.0 Å². The van der Waals surface area contributed by atoms with Gasteiger partial charge in [0.05, 0.1) is 0 Å². The van der Waals surface area contributed by atoms with E-state index in [2.05, 4.69) is 40.0 Å². The van der Waals surface area contributed by atoms with E-state index in [9.17, 15) is 0 Å². The van der Waals surface area contributed by atoms with E-state index in [-0.39, 0.29) is 24.0 Å². The number of nitrogens with one attached hydrogen (secondary N) is 3. The van der Waals surface area contributed by atoms with Gasteiger partial charge in [-0.2, -0.15) is 11.8 Å². The molecule has 25 heavy (non-hydrogen) atoms. The van der Waals surface area contributed by atoms with Crippen molar-refractivity contribution in [3.8, 4) is 0 Å². The number of hydrogen-bond acceptors (Lipinski definition) is 2. The van der Waals surface area contributed by atoms with Gasteiger partial charge in [0.15, 0.2) is 5.96 Å². The van der Waals surface area contributed by atoms with Gasteiger partial charge >= 0.3 is 0 Å². The summed E-state index contributed by atoms with van der Waals surface area (Å²) >= 11 is 8.00. The second-order valence-electron chi connectivity index (χ2n) is 5.64. The van der Waals surface area contributed by atoms with Crippen molar-refractivity contribution in [3.63, 3.8) is 0 Å². The third-order valence-corrected chi connectivity index (χ3v) is 4.72. The Morgan fingerprint density at radius 3 is 2.88 bits per heavy atom. The molecule has 0 unspecified atom stereocenters. The summed E-state index contributed by atoms with van der Waals surface area (Å²) in [6.45, 7) is 4.68. The molecule has 0 aliphatic carbocycles. The van der Waals surface area contributed by atoms with Crippen LogP contribution >= 0.6 is 47.3 Å². The van der Waals surface area contributed by atoms with Gasteiger partial charge in [-0.05, 0) is 62.0 Å².